The molecule has 1 aliphatic carbocycles. The number of benzene rings is 1. The van der Waals surface area contributed by atoms with Gasteiger partial charge in [-0.1, -0.05) is 24.3 Å². The Balaban J connectivity index is 2.34. The van der Waals surface area contributed by atoms with Crippen LogP contribution in [0.3, 0.4) is 0 Å². The lowest BCUT2D eigenvalue weighted by Gasteiger charge is -2.18. The normalized spacial score (nSPS) is 26.0. The highest BCUT2D eigenvalue weighted by Crippen LogP contribution is 2.30. The van der Waals surface area contributed by atoms with Crippen LogP contribution in [-0.4, -0.2) is 20.1 Å². The fraction of sp³-hybridized carbons (Fsp3) is 0.455. The minimum absolute atomic E-state index is 0.473. The van der Waals surface area contributed by atoms with Gasteiger partial charge in [-0.3, -0.25) is 0 Å². The average Bonchev–Trinajstić information content (AvgIpc) is 2.55. The van der Waals surface area contributed by atoms with Crippen LogP contribution in [0.5, 0.6) is 0 Å². The van der Waals surface area contributed by atoms with Crippen LogP contribution >= 0.6 is 0 Å². The highest BCUT2D eigenvalue weighted by atomic mass is 15.0. The van der Waals surface area contributed by atoms with Crippen LogP contribution in [0.2, 0.25) is 0 Å². The van der Waals surface area contributed by atoms with Crippen molar-refractivity contribution in [1.82, 2.24) is 10.6 Å². The summed E-state index contributed by atoms with van der Waals surface area (Å²) in [5, 5.41) is 6.71. The molecule has 2 rings (SSSR count). The Morgan fingerprint density at radius 3 is 2.62 bits per heavy atom. The maximum absolute atomic E-state index is 3.36. The van der Waals surface area contributed by atoms with Gasteiger partial charge >= 0.3 is 0 Å². The van der Waals surface area contributed by atoms with Crippen LogP contribution in [0.1, 0.15) is 17.2 Å². The quantitative estimate of drug-likeness (QED) is 0.705. The first-order chi connectivity index (χ1) is 6.36. The van der Waals surface area contributed by atoms with Crippen molar-refractivity contribution in [2.75, 3.05) is 14.1 Å². The Bertz CT molecular complexity index is 296. The molecule has 0 fully saturated rings. The smallest absolute Gasteiger partial charge is 0.0479 e. The number of fused-ring (bicyclic) bond motifs is 1. The molecule has 0 bridgehead atoms. The van der Waals surface area contributed by atoms with E-state index in [0.29, 0.717) is 12.1 Å². The van der Waals surface area contributed by atoms with Gasteiger partial charge < -0.3 is 10.6 Å². The van der Waals surface area contributed by atoms with Gasteiger partial charge in [0, 0.05) is 12.1 Å². The Morgan fingerprint density at radius 1 is 1.15 bits per heavy atom. The first kappa shape index (κ1) is 8.73. The van der Waals surface area contributed by atoms with E-state index in [1.807, 2.05) is 14.1 Å². The maximum Gasteiger partial charge on any atom is 0.0479 e. The summed E-state index contributed by atoms with van der Waals surface area (Å²) < 4.78 is 0. The predicted octanol–water partition coefficient (Wildman–Crippen LogP) is 1.09. The Morgan fingerprint density at radius 2 is 1.92 bits per heavy atom. The zero-order valence-corrected chi connectivity index (χ0v) is 8.17. The second kappa shape index (κ2) is 3.48. The first-order valence-electron chi connectivity index (χ1n) is 4.79. The molecule has 0 saturated carbocycles. The topological polar surface area (TPSA) is 24.1 Å². The van der Waals surface area contributed by atoms with Gasteiger partial charge in [0.1, 0.15) is 0 Å². The van der Waals surface area contributed by atoms with E-state index in [1.54, 1.807) is 0 Å². The fourth-order valence-electron chi connectivity index (χ4n) is 2.22. The second-order valence-corrected chi connectivity index (χ2v) is 3.56. The van der Waals surface area contributed by atoms with Crippen molar-refractivity contribution < 1.29 is 0 Å². The molecule has 2 atom stereocenters. The fourth-order valence-corrected chi connectivity index (χ4v) is 2.22. The van der Waals surface area contributed by atoms with Gasteiger partial charge in [-0.15, -0.1) is 0 Å². The molecule has 70 valence electrons. The molecule has 0 aliphatic heterocycles. The van der Waals surface area contributed by atoms with Crippen LogP contribution in [0.25, 0.3) is 0 Å². The molecule has 2 N–H and O–H groups in total. The number of nitrogens with one attached hydrogen (secondary N) is 2. The lowest BCUT2D eigenvalue weighted by molar-refractivity contribution is 0.450. The third-order valence-corrected chi connectivity index (χ3v) is 2.91. The van der Waals surface area contributed by atoms with Crippen molar-refractivity contribution in [3.8, 4) is 0 Å². The van der Waals surface area contributed by atoms with E-state index >= 15 is 0 Å². The number of likely N-dealkylation sites (N-methyl/N-ethyl adjacent to an activating group) is 2. The second-order valence-electron chi connectivity index (χ2n) is 3.56. The number of hydrogen-bond donors (Lipinski definition) is 2. The summed E-state index contributed by atoms with van der Waals surface area (Å²) in [6.07, 6.45) is 1.14. The Labute approximate surface area is 79.4 Å². The minimum atomic E-state index is 0.473. The van der Waals surface area contributed by atoms with E-state index in [1.165, 1.54) is 11.1 Å². The van der Waals surface area contributed by atoms with E-state index in [9.17, 15) is 0 Å². The predicted molar refractivity (Wildman–Crippen MR) is 54.8 cm³/mol. The van der Waals surface area contributed by atoms with Crippen molar-refractivity contribution in [2.45, 2.75) is 18.5 Å². The monoisotopic (exact) mass is 176 g/mol. The summed E-state index contributed by atoms with van der Waals surface area (Å²) in [7, 11) is 4.05. The Hall–Kier alpha value is -0.860. The minimum Gasteiger partial charge on any atom is -0.315 e. The highest BCUT2D eigenvalue weighted by molar-refractivity contribution is 5.37. The van der Waals surface area contributed by atoms with Crippen LogP contribution in [-0.2, 0) is 6.42 Å². The third kappa shape index (κ3) is 1.36. The van der Waals surface area contributed by atoms with E-state index in [-0.39, 0.29) is 0 Å². The van der Waals surface area contributed by atoms with E-state index in [0.717, 1.165) is 6.42 Å². The van der Waals surface area contributed by atoms with E-state index in [4.69, 9.17) is 0 Å². The molecule has 0 spiro atoms. The van der Waals surface area contributed by atoms with Crippen molar-refractivity contribution in [3.63, 3.8) is 0 Å². The van der Waals surface area contributed by atoms with Crippen molar-refractivity contribution >= 4 is 0 Å². The molecular weight excluding hydrogens is 160 g/mol. The number of hydrogen-bond acceptors (Lipinski definition) is 2. The Kier molecular flexibility index (Phi) is 2.34. The molecule has 0 amide bonds. The van der Waals surface area contributed by atoms with Gasteiger partial charge in [-0.25, -0.2) is 0 Å². The molecule has 0 heterocycles. The summed E-state index contributed by atoms with van der Waals surface area (Å²) in [6, 6.07) is 9.68. The number of rotatable bonds is 2. The highest BCUT2D eigenvalue weighted by Gasteiger charge is 2.29. The maximum atomic E-state index is 3.36. The molecule has 0 saturated heterocycles. The summed E-state index contributed by atoms with van der Waals surface area (Å²) >= 11 is 0. The molecule has 0 radical (unpaired) electrons. The molecule has 13 heavy (non-hydrogen) atoms. The van der Waals surface area contributed by atoms with Crippen molar-refractivity contribution in [3.05, 3.63) is 35.4 Å². The van der Waals surface area contributed by atoms with Gasteiger partial charge in [0.05, 0.1) is 0 Å². The zero-order chi connectivity index (χ0) is 9.26. The molecule has 0 unspecified atom stereocenters. The molecule has 0 aromatic heterocycles. The van der Waals surface area contributed by atoms with Gasteiger partial charge in [-0.05, 0) is 31.6 Å². The van der Waals surface area contributed by atoms with E-state index < -0.39 is 0 Å². The van der Waals surface area contributed by atoms with Gasteiger partial charge in [0.25, 0.3) is 0 Å². The summed E-state index contributed by atoms with van der Waals surface area (Å²) in [4.78, 5) is 0. The molecule has 1 aliphatic rings. The van der Waals surface area contributed by atoms with Gasteiger partial charge in [0.2, 0.25) is 0 Å². The SMILES string of the molecule is CN[C@H]1Cc2ccccc2[C@H]1NC. The standard InChI is InChI=1S/C11H16N2/c1-12-10-7-8-5-3-4-6-9(8)11(10)13-2/h3-6,10-13H,7H2,1-2H3/t10-,11+/m0/s1. The molecule has 1 aromatic carbocycles. The average molecular weight is 176 g/mol. The van der Waals surface area contributed by atoms with Crippen LogP contribution < -0.4 is 10.6 Å². The van der Waals surface area contributed by atoms with Crippen LogP contribution in [0.4, 0.5) is 0 Å². The van der Waals surface area contributed by atoms with Crippen LogP contribution in [0.15, 0.2) is 24.3 Å². The molecule has 1 aromatic rings. The van der Waals surface area contributed by atoms with E-state index in [2.05, 4.69) is 34.9 Å². The summed E-state index contributed by atoms with van der Waals surface area (Å²) in [5.74, 6) is 0. The lowest BCUT2D eigenvalue weighted by Crippen LogP contribution is -2.35. The summed E-state index contributed by atoms with van der Waals surface area (Å²) in [6.45, 7) is 0. The lowest BCUT2D eigenvalue weighted by atomic mass is 10.1. The molecule has 2 nitrogen and oxygen atoms in total. The van der Waals surface area contributed by atoms with Gasteiger partial charge in [-0.2, -0.15) is 0 Å². The molecular formula is C11H16N2. The zero-order valence-electron chi connectivity index (χ0n) is 8.17. The largest absolute Gasteiger partial charge is 0.315 e. The van der Waals surface area contributed by atoms with Gasteiger partial charge in [0.15, 0.2) is 0 Å². The van der Waals surface area contributed by atoms with Crippen LogP contribution in [0, 0.1) is 0 Å². The van der Waals surface area contributed by atoms with Crippen molar-refractivity contribution in [1.29, 1.82) is 0 Å². The van der Waals surface area contributed by atoms with Crippen molar-refractivity contribution in [2.24, 2.45) is 0 Å². The summed E-state index contributed by atoms with van der Waals surface area (Å²) in [5.41, 5.74) is 2.92. The first-order valence-corrected chi connectivity index (χ1v) is 4.79. The molecule has 2 heteroatoms. The third-order valence-electron chi connectivity index (χ3n) is 2.91.